The summed E-state index contributed by atoms with van der Waals surface area (Å²) in [5.41, 5.74) is 2.56. The summed E-state index contributed by atoms with van der Waals surface area (Å²) < 4.78 is 22.5. The normalized spacial score (nSPS) is 11.1. The van der Waals surface area contributed by atoms with E-state index in [4.69, 9.17) is 0 Å². The molecule has 0 atom stereocenters. The van der Waals surface area contributed by atoms with Crippen molar-refractivity contribution in [2.75, 3.05) is 6.26 Å². The SMILES string of the molecule is CSc1nccc(-c2nc3nsnc3nc2-c2ccccc2F)n1. The van der Waals surface area contributed by atoms with Crippen LogP contribution < -0.4 is 0 Å². The van der Waals surface area contributed by atoms with Gasteiger partial charge in [-0.2, -0.15) is 8.75 Å². The van der Waals surface area contributed by atoms with Crippen LogP contribution in [0.1, 0.15) is 0 Å². The molecule has 118 valence electrons. The molecule has 3 aromatic heterocycles. The lowest BCUT2D eigenvalue weighted by Gasteiger charge is -2.08. The third-order valence-electron chi connectivity index (χ3n) is 3.30. The van der Waals surface area contributed by atoms with Crippen molar-refractivity contribution in [1.29, 1.82) is 0 Å². The Morgan fingerprint density at radius 3 is 2.46 bits per heavy atom. The molecule has 1 aromatic carbocycles. The van der Waals surface area contributed by atoms with Crippen LogP contribution in [0.2, 0.25) is 0 Å². The first-order valence-electron chi connectivity index (χ1n) is 6.89. The molecule has 0 radical (unpaired) electrons. The number of thioether (sulfide) groups is 1. The summed E-state index contributed by atoms with van der Waals surface area (Å²) >= 11 is 2.43. The van der Waals surface area contributed by atoms with Crippen LogP contribution in [0.5, 0.6) is 0 Å². The van der Waals surface area contributed by atoms with Crippen LogP contribution in [0.3, 0.4) is 0 Å². The molecule has 0 aliphatic carbocycles. The molecule has 0 N–H and O–H groups in total. The van der Waals surface area contributed by atoms with E-state index in [2.05, 4.69) is 28.7 Å². The highest BCUT2D eigenvalue weighted by molar-refractivity contribution is 7.98. The van der Waals surface area contributed by atoms with Crippen molar-refractivity contribution < 1.29 is 4.39 Å². The number of hydrogen-bond acceptors (Lipinski definition) is 8. The standard InChI is InChI=1S/C15H9FN6S2/c1-23-15-17-7-6-10(18-15)12-11(8-4-2-3-5-9(8)16)19-13-14(20-12)22-24-21-13/h2-7H,1H3. The number of benzene rings is 1. The van der Waals surface area contributed by atoms with Crippen molar-refractivity contribution in [1.82, 2.24) is 28.7 Å². The summed E-state index contributed by atoms with van der Waals surface area (Å²) in [7, 11) is 0. The minimum Gasteiger partial charge on any atom is -0.231 e. The molecule has 0 fully saturated rings. The van der Waals surface area contributed by atoms with Gasteiger partial charge in [0, 0.05) is 11.8 Å². The lowest BCUT2D eigenvalue weighted by atomic mass is 10.1. The average molecular weight is 356 g/mol. The molecule has 4 aromatic rings. The molecule has 0 unspecified atom stereocenters. The van der Waals surface area contributed by atoms with Gasteiger partial charge in [-0.1, -0.05) is 23.9 Å². The van der Waals surface area contributed by atoms with Gasteiger partial charge in [-0.15, -0.1) is 0 Å². The first kappa shape index (κ1) is 15.0. The molecule has 0 spiro atoms. The van der Waals surface area contributed by atoms with Gasteiger partial charge in [-0.05, 0) is 24.5 Å². The van der Waals surface area contributed by atoms with Crippen LogP contribution in [0.4, 0.5) is 4.39 Å². The Morgan fingerprint density at radius 1 is 0.958 bits per heavy atom. The molecule has 0 aliphatic rings. The molecule has 4 rings (SSSR count). The largest absolute Gasteiger partial charge is 0.231 e. The lowest BCUT2D eigenvalue weighted by molar-refractivity contribution is 0.631. The van der Waals surface area contributed by atoms with Gasteiger partial charge in [0.2, 0.25) is 11.3 Å². The Balaban J connectivity index is 2.02. The fourth-order valence-electron chi connectivity index (χ4n) is 2.23. The Kier molecular flexibility index (Phi) is 3.87. The predicted octanol–water partition coefficient (Wildman–Crippen LogP) is 3.47. The minimum absolute atomic E-state index is 0.346. The Morgan fingerprint density at radius 2 is 1.71 bits per heavy atom. The Bertz CT molecular complexity index is 1040. The van der Waals surface area contributed by atoms with E-state index in [1.807, 2.05) is 6.26 Å². The van der Waals surface area contributed by atoms with Crippen molar-refractivity contribution in [2.45, 2.75) is 5.16 Å². The second kappa shape index (κ2) is 6.17. The zero-order chi connectivity index (χ0) is 16.5. The van der Waals surface area contributed by atoms with Crippen LogP contribution in [-0.2, 0) is 0 Å². The highest BCUT2D eigenvalue weighted by atomic mass is 32.2. The monoisotopic (exact) mass is 356 g/mol. The molecule has 0 amide bonds. The zero-order valence-corrected chi connectivity index (χ0v) is 14.0. The van der Waals surface area contributed by atoms with Gasteiger partial charge >= 0.3 is 0 Å². The van der Waals surface area contributed by atoms with Gasteiger partial charge in [0.25, 0.3) is 0 Å². The molecule has 0 saturated carbocycles. The van der Waals surface area contributed by atoms with E-state index < -0.39 is 0 Å². The fraction of sp³-hybridized carbons (Fsp3) is 0.0667. The highest BCUT2D eigenvalue weighted by Crippen LogP contribution is 2.31. The van der Waals surface area contributed by atoms with E-state index in [-0.39, 0.29) is 5.82 Å². The van der Waals surface area contributed by atoms with E-state index in [1.54, 1.807) is 30.5 Å². The summed E-state index contributed by atoms with van der Waals surface area (Å²) in [6.45, 7) is 0. The van der Waals surface area contributed by atoms with Crippen molar-refractivity contribution in [2.24, 2.45) is 0 Å². The zero-order valence-electron chi connectivity index (χ0n) is 12.3. The molecule has 3 heterocycles. The van der Waals surface area contributed by atoms with Crippen LogP contribution in [0.25, 0.3) is 33.9 Å². The predicted molar refractivity (Wildman–Crippen MR) is 91.2 cm³/mol. The van der Waals surface area contributed by atoms with E-state index in [0.29, 0.717) is 39.1 Å². The minimum atomic E-state index is -0.380. The number of aromatic nitrogens is 6. The smallest absolute Gasteiger partial charge is 0.213 e. The first-order chi connectivity index (χ1) is 11.8. The number of fused-ring (bicyclic) bond motifs is 1. The van der Waals surface area contributed by atoms with Crippen molar-refractivity contribution in [3.8, 4) is 22.6 Å². The van der Waals surface area contributed by atoms with E-state index in [9.17, 15) is 4.39 Å². The maximum absolute atomic E-state index is 14.3. The van der Waals surface area contributed by atoms with Gasteiger partial charge < -0.3 is 0 Å². The van der Waals surface area contributed by atoms with Crippen LogP contribution in [0, 0.1) is 5.82 Å². The maximum Gasteiger partial charge on any atom is 0.213 e. The number of nitrogens with zero attached hydrogens (tertiary/aromatic N) is 6. The van der Waals surface area contributed by atoms with Gasteiger partial charge in [0.15, 0.2) is 5.16 Å². The van der Waals surface area contributed by atoms with Crippen LogP contribution in [0.15, 0.2) is 41.7 Å². The van der Waals surface area contributed by atoms with E-state index >= 15 is 0 Å². The summed E-state index contributed by atoms with van der Waals surface area (Å²) in [5, 5.41) is 0.602. The highest BCUT2D eigenvalue weighted by Gasteiger charge is 2.18. The Labute approximate surface area is 144 Å². The topological polar surface area (TPSA) is 77.3 Å². The van der Waals surface area contributed by atoms with Crippen molar-refractivity contribution in [3.63, 3.8) is 0 Å². The lowest BCUT2D eigenvalue weighted by Crippen LogP contribution is -1.99. The molecular formula is C15H9FN6S2. The number of hydrogen-bond donors (Lipinski definition) is 0. The van der Waals surface area contributed by atoms with Crippen LogP contribution in [-0.4, -0.2) is 34.9 Å². The fourth-order valence-corrected chi connectivity index (χ4v) is 3.02. The van der Waals surface area contributed by atoms with Crippen molar-refractivity contribution >= 4 is 34.8 Å². The molecule has 0 bridgehead atoms. The van der Waals surface area contributed by atoms with E-state index in [0.717, 1.165) is 11.7 Å². The molecule has 0 aliphatic heterocycles. The molecule has 9 heteroatoms. The quantitative estimate of drug-likeness (QED) is 0.411. The second-order valence-electron chi connectivity index (χ2n) is 4.74. The van der Waals surface area contributed by atoms with Gasteiger partial charge in [-0.3, -0.25) is 0 Å². The third-order valence-corrected chi connectivity index (χ3v) is 4.37. The summed E-state index contributed by atoms with van der Waals surface area (Å²) in [6, 6.07) is 8.15. The Hall–Kier alpha value is -2.52. The molecular weight excluding hydrogens is 347 g/mol. The third kappa shape index (κ3) is 2.61. The molecule has 0 saturated heterocycles. The molecule has 6 nitrogen and oxygen atoms in total. The average Bonchev–Trinajstić information content (AvgIpc) is 3.08. The van der Waals surface area contributed by atoms with E-state index in [1.165, 1.54) is 17.8 Å². The van der Waals surface area contributed by atoms with Gasteiger partial charge in [-0.25, -0.2) is 24.3 Å². The first-order valence-corrected chi connectivity index (χ1v) is 8.84. The molecule has 24 heavy (non-hydrogen) atoms. The summed E-state index contributed by atoms with van der Waals surface area (Å²) in [4.78, 5) is 17.6. The number of halogens is 1. The maximum atomic E-state index is 14.3. The summed E-state index contributed by atoms with van der Waals surface area (Å²) in [6.07, 6.45) is 3.53. The number of rotatable bonds is 3. The van der Waals surface area contributed by atoms with Gasteiger partial charge in [0.05, 0.1) is 17.4 Å². The second-order valence-corrected chi connectivity index (χ2v) is 6.04. The van der Waals surface area contributed by atoms with Crippen molar-refractivity contribution in [3.05, 3.63) is 42.3 Å². The van der Waals surface area contributed by atoms with Crippen LogP contribution >= 0.6 is 23.5 Å². The summed E-state index contributed by atoms with van der Waals surface area (Å²) in [5.74, 6) is -0.380. The van der Waals surface area contributed by atoms with Gasteiger partial charge in [0.1, 0.15) is 17.2 Å².